The first-order chi connectivity index (χ1) is 16.2. The van der Waals surface area contributed by atoms with Crippen LogP contribution < -0.4 is 5.32 Å². The maximum absolute atomic E-state index is 10.6. The van der Waals surface area contributed by atoms with Gasteiger partial charge in [0, 0.05) is 35.5 Å². The average molecular weight is 499 g/mol. The van der Waals surface area contributed by atoms with Crippen molar-refractivity contribution in [3.63, 3.8) is 0 Å². The molecule has 2 aromatic rings. The maximum atomic E-state index is 10.6. The quantitative estimate of drug-likeness (QED) is 0.484. The van der Waals surface area contributed by atoms with Crippen LogP contribution in [0.25, 0.3) is 0 Å². The van der Waals surface area contributed by atoms with Gasteiger partial charge in [-0.3, -0.25) is 4.98 Å². The average Bonchev–Trinajstić information content (AvgIpc) is 3.25. The first-order valence-electron chi connectivity index (χ1n) is 11.5. The fourth-order valence-electron chi connectivity index (χ4n) is 4.99. The molecule has 1 spiro atoms. The highest BCUT2D eigenvalue weighted by Crippen LogP contribution is 2.49. The minimum atomic E-state index is -5.08. The monoisotopic (exact) mass is 498 g/mol. The van der Waals surface area contributed by atoms with E-state index in [1.165, 1.54) is 31.4 Å². The van der Waals surface area contributed by atoms with Crippen molar-refractivity contribution in [3.05, 3.63) is 64.9 Å². The SMILES string of the molecule is Clc1ccccc1CNCC[C@@]1(c2ccccn2)CCOC2(CCCC2)C1.O=C(O)C(F)(F)F. The number of aromatic nitrogens is 1. The third-order valence-electron chi connectivity index (χ3n) is 6.67. The molecule has 34 heavy (non-hydrogen) atoms. The van der Waals surface area contributed by atoms with Crippen LogP contribution in [0, 0.1) is 0 Å². The Bertz CT molecular complexity index is 937. The molecule has 186 valence electrons. The third kappa shape index (κ3) is 6.93. The molecule has 0 bridgehead atoms. The fourth-order valence-corrected chi connectivity index (χ4v) is 5.19. The molecule has 0 radical (unpaired) electrons. The lowest BCUT2D eigenvalue weighted by molar-refractivity contribution is -0.192. The van der Waals surface area contributed by atoms with E-state index in [1.807, 2.05) is 30.5 Å². The molecule has 1 aliphatic carbocycles. The number of carboxylic acids is 1. The Labute approximate surface area is 202 Å². The molecular weight excluding hydrogens is 469 g/mol. The zero-order valence-electron chi connectivity index (χ0n) is 18.9. The van der Waals surface area contributed by atoms with Crippen LogP contribution in [0.2, 0.25) is 5.02 Å². The molecule has 4 rings (SSSR count). The van der Waals surface area contributed by atoms with Crippen molar-refractivity contribution >= 4 is 17.6 Å². The smallest absolute Gasteiger partial charge is 0.475 e. The zero-order chi connectivity index (χ0) is 24.7. The van der Waals surface area contributed by atoms with Gasteiger partial charge in [-0.05, 0) is 62.4 Å². The summed E-state index contributed by atoms with van der Waals surface area (Å²) in [6.45, 7) is 2.61. The van der Waals surface area contributed by atoms with Crippen molar-refractivity contribution in [2.45, 2.75) is 68.7 Å². The minimum absolute atomic E-state index is 0.0819. The van der Waals surface area contributed by atoms with E-state index in [0.717, 1.165) is 49.5 Å². The summed E-state index contributed by atoms with van der Waals surface area (Å²) in [6, 6.07) is 14.4. The molecule has 1 aromatic heterocycles. The van der Waals surface area contributed by atoms with Crippen molar-refractivity contribution in [3.8, 4) is 0 Å². The summed E-state index contributed by atoms with van der Waals surface area (Å²) in [5.74, 6) is -2.76. The van der Waals surface area contributed by atoms with Gasteiger partial charge in [0.2, 0.25) is 0 Å². The molecule has 1 aromatic carbocycles. The van der Waals surface area contributed by atoms with E-state index < -0.39 is 12.1 Å². The maximum Gasteiger partial charge on any atom is 0.490 e. The van der Waals surface area contributed by atoms with Crippen LogP contribution in [0.4, 0.5) is 13.2 Å². The second-order valence-electron chi connectivity index (χ2n) is 8.98. The highest BCUT2D eigenvalue weighted by Gasteiger charge is 2.48. The predicted molar refractivity (Wildman–Crippen MR) is 124 cm³/mol. The molecule has 1 aliphatic heterocycles. The van der Waals surface area contributed by atoms with Crippen molar-refractivity contribution in [1.29, 1.82) is 0 Å². The van der Waals surface area contributed by atoms with Gasteiger partial charge in [-0.25, -0.2) is 4.79 Å². The number of carbonyl (C=O) groups is 1. The van der Waals surface area contributed by atoms with Crippen LogP contribution in [0.15, 0.2) is 48.7 Å². The Hall–Kier alpha value is -2.16. The van der Waals surface area contributed by atoms with E-state index in [4.69, 9.17) is 31.2 Å². The number of nitrogens with zero attached hydrogens (tertiary/aromatic N) is 1. The summed E-state index contributed by atoms with van der Waals surface area (Å²) in [5, 5.41) is 11.6. The van der Waals surface area contributed by atoms with Crippen LogP contribution >= 0.6 is 11.6 Å². The predicted octanol–water partition coefficient (Wildman–Crippen LogP) is 5.91. The Balaban J connectivity index is 0.000000406. The molecule has 2 N–H and O–H groups in total. The van der Waals surface area contributed by atoms with E-state index >= 15 is 0 Å². The first kappa shape index (κ1) is 26.4. The molecule has 2 heterocycles. The number of halogens is 4. The molecule has 5 nitrogen and oxygen atoms in total. The van der Waals surface area contributed by atoms with E-state index in [9.17, 15) is 13.2 Å². The van der Waals surface area contributed by atoms with Gasteiger partial charge < -0.3 is 15.2 Å². The Morgan fingerprint density at radius 2 is 1.79 bits per heavy atom. The van der Waals surface area contributed by atoms with Crippen LogP contribution in [0.3, 0.4) is 0 Å². The van der Waals surface area contributed by atoms with E-state index in [0.29, 0.717) is 0 Å². The number of rotatable bonds is 6. The number of benzene rings is 1. The van der Waals surface area contributed by atoms with Gasteiger partial charge in [-0.15, -0.1) is 0 Å². The highest BCUT2D eigenvalue weighted by molar-refractivity contribution is 6.31. The largest absolute Gasteiger partial charge is 0.490 e. The zero-order valence-corrected chi connectivity index (χ0v) is 19.7. The lowest BCUT2D eigenvalue weighted by Gasteiger charge is -2.46. The van der Waals surface area contributed by atoms with Crippen molar-refractivity contribution in [2.24, 2.45) is 0 Å². The molecule has 2 aliphatic rings. The highest BCUT2D eigenvalue weighted by atomic mass is 35.5. The number of pyridine rings is 1. The van der Waals surface area contributed by atoms with Gasteiger partial charge in [-0.2, -0.15) is 13.2 Å². The number of alkyl halides is 3. The van der Waals surface area contributed by atoms with Crippen LogP contribution in [0.5, 0.6) is 0 Å². The van der Waals surface area contributed by atoms with Crippen molar-refractivity contribution in [2.75, 3.05) is 13.2 Å². The van der Waals surface area contributed by atoms with Gasteiger partial charge in [0.1, 0.15) is 0 Å². The summed E-state index contributed by atoms with van der Waals surface area (Å²) >= 11 is 6.29. The third-order valence-corrected chi connectivity index (χ3v) is 7.04. The van der Waals surface area contributed by atoms with E-state index in [1.54, 1.807) is 0 Å². The summed E-state index contributed by atoms with van der Waals surface area (Å²) in [5.41, 5.74) is 2.58. The van der Waals surface area contributed by atoms with Crippen LogP contribution in [-0.2, 0) is 21.5 Å². The topological polar surface area (TPSA) is 71.5 Å². The molecule has 1 saturated carbocycles. The summed E-state index contributed by atoms with van der Waals surface area (Å²) in [4.78, 5) is 13.7. The lowest BCUT2D eigenvalue weighted by Crippen LogP contribution is -2.47. The fraction of sp³-hybridized carbons (Fsp3) is 0.520. The van der Waals surface area contributed by atoms with Gasteiger partial charge in [0.25, 0.3) is 0 Å². The standard InChI is InChI=1S/C23H29ClN2O.C2HF3O2/c24-20-8-2-1-7-19(20)17-25-15-12-22(21-9-3-6-14-26-21)13-16-27-23(18-22)10-4-5-11-23;3-2(4,5)1(6)7/h1-3,6-9,14,25H,4-5,10-13,15-18H2;(H,6,7)/t22-;/m1./s1. The molecular formula is C25H30ClF3N2O3. The Morgan fingerprint density at radius 1 is 1.12 bits per heavy atom. The lowest BCUT2D eigenvalue weighted by atomic mass is 9.68. The summed E-state index contributed by atoms with van der Waals surface area (Å²) in [7, 11) is 0. The molecule has 2 fully saturated rings. The second kappa shape index (κ2) is 11.5. The summed E-state index contributed by atoms with van der Waals surface area (Å²) in [6.07, 6.45) is 5.09. The van der Waals surface area contributed by atoms with Crippen molar-refractivity contribution in [1.82, 2.24) is 10.3 Å². The number of hydrogen-bond donors (Lipinski definition) is 2. The second-order valence-corrected chi connectivity index (χ2v) is 9.39. The molecule has 1 atom stereocenters. The molecule has 9 heteroatoms. The molecule has 0 amide bonds. The van der Waals surface area contributed by atoms with Gasteiger partial charge >= 0.3 is 12.1 Å². The van der Waals surface area contributed by atoms with Gasteiger partial charge in [0.15, 0.2) is 0 Å². The number of ether oxygens (including phenoxy) is 1. The first-order valence-corrected chi connectivity index (χ1v) is 11.8. The van der Waals surface area contributed by atoms with Crippen molar-refractivity contribution < 1.29 is 27.8 Å². The number of aliphatic carboxylic acids is 1. The van der Waals surface area contributed by atoms with Crippen LogP contribution in [-0.4, -0.2) is 41.0 Å². The Morgan fingerprint density at radius 3 is 2.41 bits per heavy atom. The van der Waals surface area contributed by atoms with E-state index in [-0.39, 0.29) is 11.0 Å². The molecule has 0 unspecified atom stereocenters. The Kier molecular flexibility index (Phi) is 8.95. The normalized spacial score (nSPS) is 21.6. The van der Waals surface area contributed by atoms with E-state index in [2.05, 4.69) is 23.5 Å². The van der Waals surface area contributed by atoms with Gasteiger partial charge in [-0.1, -0.05) is 48.7 Å². The minimum Gasteiger partial charge on any atom is -0.475 e. The van der Waals surface area contributed by atoms with Gasteiger partial charge in [0.05, 0.1) is 5.60 Å². The molecule has 1 saturated heterocycles. The number of nitrogens with one attached hydrogen (secondary N) is 1. The number of carboxylic acid groups (broad SMARTS) is 1. The summed E-state index contributed by atoms with van der Waals surface area (Å²) < 4.78 is 38.1. The van der Waals surface area contributed by atoms with Crippen LogP contribution in [0.1, 0.15) is 56.2 Å². The number of hydrogen-bond acceptors (Lipinski definition) is 4.